The van der Waals surface area contributed by atoms with Gasteiger partial charge in [-0.1, -0.05) is 28.1 Å². The van der Waals surface area contributed by atoms with Crippen LogP contribution in [0.15, 0.2) is 75.2 Å². The number of nitrogens with zero attached hydrogens (tertiary/aromatic N) is 3. The second-order valence-corrected chi connectivity index (χ2v) is 8.03. The predicted octanol–water partition coefficient (Wildman–Crippen LogP) is 4.10. The Morgan fingerprint density at radius 3 is 2.58 bits per heavy atom. The molecule has 0 radical (unpaired) electrons. The third-order valence-electron chi connectivity index (χ3n) is 3.38. The summed E-state index contributed by atoms with van der Waals surface area (Å²) in [7, 11) is -3.75. The fraction of sp³-hybridized carbons (Fsp3) is 0.0556. The van der Waals surface area contributed by atoms with Gasteiger partial charge < -0.3 is 0 Å². The first kappa shape index (κ1) is 18.2. The van der Waals surface area contributed by atoms with E-state index in [2.05, 4.69) is 35.6 Å². The number of sulfonamides is 1. The number of hydrogen-bond donors (Lipinski definition) is 1. The second-order valence-electron chi connectivity index (χ2n) is 5.43. The zero-order chi connectivity index (χ0) is 18.6. The summed E-state index contributed by atoms with van der Waals surface area (Å²) < 4.78 is 28.1. The first-order chi connectivity index (χ1) is 12.4. The van der Waals surface area contributed by atoms with Crippen LogP contribution in [-0.2, 0) is 10.0 Å². The summed E-state index contributed by atoms with van der Waals surface area (Å²) in [6.45, 7) is 1.76. The van der Waals surface area contributed by atoms with Crippen LogP contribution in [0.5, 0.6) is 0 Å². The van der Waals surface area contributed by atoms with E-state index in [1.807, 2.05) is 24.3 Å². The van der Waals surface area contributed by atoms with Crippen molar-refractivity contribution in [3.05, 3.63) is 76.5 Å². The number of aryl methyl sites for hydroxylation is 1. The van der Waals surface area contributed by atoms with Crippen LogP contribution in [0.1, 0.15) is 11.3 Å². The quantitative estimate of drug-likeness (QED) is 0.617. The largest absolute Gasteiger partial charge is 0.264 e. The fourth-order valence-corrected chi connectivity index (χ4v) is 3.49. The minimum Gasteiger partial charge on any atom is -0.256 e. The van der Waals surface area contributed by atoms with Crippen molar-refractivity contribution < 1.29 is 8.42 Å². The number of halogens is 1. The van der Waals surface area contributed by atoms with Gasteiger partial charge in [0.1, 0.15) is 0 Å². The zero-order valence-electron chi connectivity index (χ0n) is 13.8. The highest BCUT2D eigenvalue weighted by Gasteiger charge is 2.15. The van der Waals surface area contributed by atoms with E-state index < -0.39 is 10.0 Å². The zero-order valence-corrected chi connectivity index (χ0v) is 16.2. The number of anilines is 1. The number of hydrogen-bond acceptors (Lipinski definition) is 5. The van der Waals surface area contributed by atoms with Crippen LogP contribution in [0.25, 0.3) is 0 Å². The van der Waals surface area contributed by atoms with Gasteiger partial charge in [-0.15, -0.1) is 0 Å². The van der Waals surface area contributed by atoms with E-state index >= 15 is 0 Å². The molecule has 0 saturated heterocycles. The van der Waals surface area contributed by atoms with E-state index in [0.29, 0.717) is 11.4 Å². The van der Waals surface area contributed by atoms with Crippen LogP contribution in [-0.4, -0.2) is 24.6 Å². The van der Waals surface area contributed by atoms with Crippen molar-refractivity contribution in [1.29, 1.82) is 0 Å². The van der Waals surface area contributed by atoms with E-state index in [1.165, 1.54) is 18.3 Å². The van der Waals surface area contributed by atoms with Crippen molar-refractivity contribution >= 4 is 43.8 Å². The molecule has 6 nitrogen and oxygen atoms in total. The normalized spacial score (nSPS) is 11.6. The molecule has 1 aromatic heterocycles. The fourth-order valence-electron chi connectivity index (χ4n) is 2.12. The highest BCUT2D eigenvalue weighted by Crippen LogP contribution is 2.19. The number of rotatable bonds is 5. The van der Waals surface area contributed by atoms with Crippen molar-refractivity contribution in [2.45, 2.75) is 11.8 Å². The second kappa shape index (κ2) is 7.76. The molecule has 0 aliphatic carbocycles. The third kappa shape index (κ3) is 4.74. The molecule has 0 aliphatic heterocycles. The molecule has 0 fully saturated rings. The van der Waals surface area contributed by atoms with Gasteiger partial charge in [0, 0.05) is 22.6 Å². The molecule has 0 amide bonds. The SMILES string of the molecule is Cc1ccnc(NS(=O)(=O)c2ccc(N=Cc3cccc(Br)c3)cc2)n1. The Morgan fingerprint density at radius 1 is 1.12 bits per heavy atom. The third-order valence-corrected chi connectivity index (χ3v) is 5.22. The van der Waals surface area contributed by atoms with Crippen LogP contribution >= 0.6 is 15.9 Å². The van der Waals surface area contributed by atoms with Crippen LogP contribution in [0.4, 0.5) is 11.6 Å². The molecule has 1 N–H and O–H groups in total. The molecule has 0 unspecified atom stereocenters. The summed E-state index contributed by atoms with van der Waals surface area (Å²) >= 11 is 3.41. The van der Waals surface area contributed by atoms with Gasteiger partial charge in [0.05, 0.1) is 10.6 Å². The van der Waals surface area contributed by atoms with Gasteiger partial charge in [0.15, 0.2) is 0 Å². The van der Waals surface area contributed by atoms with Gasteiger partial charge in [0.25, 0.3) is 10.0 Å². The number of aromatic nitrogens is 2. The molecule has 0 atom stereocenters. The summed E-state index contributed by atoms with van der Waals surface area (Å²) in [5.41, 5.74) is 2.26. The lowest BCUT2D eigenvalue weighted by molar-refractivity contribution is 0.601. The molecular weight excluding hydrogens is 416 g/mol. The number of aliphatic imine (C=N–C) groups is 1. The smallest absolute Gasteiger partial charge is 0.256 e. The molecule has 0 spiro atoms. The summed E-state index contributed by atoms with van der Waals surface area (Å²) in [6.07, 6.45) is 3.22. The Bertz CT molecular complexity index is 1050. The average Bonchev–Trinajstić information content (AvgIpc) is 2.60. The lowest BCUT2D eigenvalue weighted by Gasteiger charge is -2.07. The molecule has 8 heteroatoms. The first-order valence-electron chi connectivity index (χ1n) is 7.64. The maximum atomic E-state index is 12.4. The number of benzene rings is 2. The topological polar surface area (TPSA) is 84.3 Å². The molecule has 0 bridgehead atoms. The minimum atomic E-state index is -3.75. The molecule has 2 aromatic carbocycles. The maximum absolute atomic E-state index is 12.4. The summed E-state index contributed by atoms with van der Waals surface area (Å²) in [5, 5.41) is 0. The van der Waals surface area contributed by atoms with Crippen LogP contribution in [0.2, 0.25) is 0 Å². The van der Waals surface area contributed by atoms with Gasteiger partial charge in [-0.3, -0.25) is 4.99 Å². The predicted molar refractivity (Wildman–Crippen MR) is 105 cm³/mol. The average molecular weight is 431 g/mol. The maximum Gasteiger partial charge on any atom is 0.264 e. The molecular formula is C18H15BrN4O2S. The summed E-state index contributed by atoms with van der Waals surface area (Å²) in [5.74, 6) is 0.0433. The van der Waals surface area contributed by atoms with Crippen molar-refractivity contribution in [1.82, 2.24) is 9.97 Å². The molecule has 0 aliphatic rings. The van der Waals surface area contributed by atoms with Crippen molar-refractivity contribution in [3.63, 3.8) is 0 Å². The molecule has 3 aromatic rings. The van der Waals surface area contributed by atoms with Crippen molar-refractivity contribution in [3.8, 4) is 0 Å². The van der Waals surface area contributed by atoms with Gasteiger partial charge in [-0.2, -0.15) is 0 Å². The van der Waals surface area contributed by atoms with Gasteiger partial charge in [-0.25, -0.2) is 23.1 Å². The molecule has 26 heavy (non-hydrogen) atoms. The molecule has 1 heterocycles. The van der Waals surface area contributed by atoms with E-state index in [0.717, 1.165) is 10.0 Å². The van der Waals surface area contributed by atoms with Crippen molar-refractivity contribution in [2.75, 3.05) is 4.72 Å². The Balaban J connectivity index is 1.76. The Labute approximate surface area is 160 Å². The van der Waals surface area contributed by atoms with Gasteiger partial charge >= 0.3 is 0 Å². The van der Waals surface area contributed by atoms with E-state index in [1.54, 1.807) is 31.3 Å². The van der Waals surface area contributed by atoms with Gasteiger partial charge in [-0.05, 0) is 55.0 Å². The Kier molecular flexibility index (Phi) is 5.43. The molecule has 132 valence electrons. The van der Waals surface area contributed by atoms with Crippen LogP contribution in [0.3, 0.4) is 0 Å². The van der Waals surface area contributed by atoms with E-state index in [9.17, 15) is 8.42 Å². The highest BCUT2D eigenvalue weighted by atomic mass is 79.9. The van der Waals surface area contributed by atoms with E-state index in [4.69, 9.17) is 0 Å². The van der Waals surface area contributed by atoms with Crippen LogP contribution < -0.4 is 4.72 Å². The first-order valence-corrected chi connectivity index (χ1v) is 9.92. The monoisotopic (exact) mass is 430 g/mol. The highest BCUT2D eigenvalue weighted by molar-refractivity contribution is 9.10. The number of nitrogens with one attached hydrogen (secondary N) is 1. The standard InChI is InChI=1S/C18H15BrN4O2S/c1-13-9-10-20-18(22-13)23-26(24,25)17-7-5-16(6-8-17)21-12-14-3-2-4-15(19)11-14/h2-12H,1H3,(H,20,22,23). The van der Waals surface area contributed by atoms with E-state index in [-0.39, 0.29) is 10.8 Å². The Morgan fingerprint density at radius 2 is 1.88 bits per heavy atom. The lowest BCUT2D eigenvalue weighted by atomic mass is 10.2. The lowest BCUT2D eigenvalue weighted by Crippen LogP contribution is -2.15. The van der Waals surface area contributed by atoms with Crippen LogP contribution in [0, 0.1) is 6.92 Å². The molecule has 3 rings (SSSR count). The summed E-state index contributed by atoms with van der Waals surface area (Å²) in [4.78, 5) is 12.4. The van der Waals surface area contributed by atoms with Crippen molar-refractivity contribution in [2.24, 2.45) is 4.99 Å². The Hall–Kier alpha value is -2.58. The minimum absolute atomic E-state index is 0.0433. The summed E-state index contributed by atoms with van der Waals surface area (Å²) in [6, 6.07) is 15.7. The molecule has 0 saturated carbocycles. The van der Waals surface area contributed by atoms with Gasteiger partial charge in [0.2, 0.25) is 5.95 Å².